The van der Waals surface area contributed by atoms with E-state index in [0.29, 0.717) is 11.4 Å². The minimum absolute atomic E-state index is 0.111. The molecule has 0 saturated carbocycles. The first-order valence-electron chi connectivity index (χ1n) is 5.38. The van der Waals surface area contributed by atoms with Gasteiger partial charge in [-0.1, -0.05) is 18.2 Å². The molecular formula is C12H10N4O3. The molecule has 0 fully saturated rings. The second-order valence-electron chi connectivity index (χ2n) is 3.60. The van der Waals surface area contributed by atoms with E-state index >= 15 is 0 Å². The summed E-state index contributed by atoms with van der Waals surface area (Å²) in [5.74, 6) is -0.00404. The maximum Gasteiger partial charge on any atom is 0.287 e. The highest BCUT2D eigenvalue weighted by Crippen LogP contribution is 2.11. The first-order chi connectivity index (χ1) is 9.16. The van der Waals surface area contributed by atoms with Gasteiger partial charge in [0, 0.05) is 11.6 Å². The normalized spacial score (nSPS) is 9.68. The SMILES string of the molecule is O=C(NNc1ccc([N+](=O)[O-])cn1)c1ccccc1. The smallest absolute Gasteiger partial charge is 0.282 e. The van der Waals surface area contributed by atoms with Gasteiger partial charge in [0.15, 0.2) is 0 Å². The second-order valence-corrected chi connectivity index (χ2v) is 3.60. The standard InChI is InChI=1S/C12H10N4O3/c17-12(9-4-2-1-3-5-9)15-14-11-7-6-10(8-13-11)16(18)19/h1-8H,(H,13,14)(H,15,17). The quantitative estimate of drug-likeness (QED) is 0.643. The third kappa shape index (κ3) is 3.25. The van der Waals surface area contributed by atoms with Gasteiger partial charge in [-0.15, -0.1) is 0 Å². The van der Waals surface area contributed by atoms with Crippen LogP contribution in [0.5, 0.6) is 0 Å². The Bertz CT molecular complexity index is 584. The number of nitrogens with zero attached hydrogens (tertiary/aromatic N) is 2. The Morgan fingerprint density at radius 1 is 1.16 bits per heavy atom. The number of amides is 1. The zero-order valence-electron chi connectivity index (χ0n) is 9.74. The van der Waals surface area contributed by atoms with Gasteiger partial charge in [-0.25, -0.2) is 4.98 Å². The molecule has 7 nitrogen and oxygen atoms in total. The number of benzene rings is 1. The Hall–Kier alpha value is -2.96. The Balaban J connectivity index is 1.95. The van der Waals surface area contributed by atoms with Gasteiger partial charge in [0.1, 0.15) is 12.0 Å². The molecule has 1 heterocycles. The molecule has 19 heavy (non-hydrogen) atoms. The lowest BCUT2D eigenvalue weighted by atomic mass is 10.2. The van der Waals surface area contributed by atoms with Crippen LogP contribution in [0.15, 0.2) is 48.7 Å². The van der Waals surface area contributed by atoms with E-state index in [9.17, 15) is 14.9 Å². The highest BCUT2D eigenvalue weighted by Gasteiger charge is 2.06. The van der Waals surface area contributed by atoms with Crippen LogP contribution >= 0.6 is 0 Å². The summed E-state index contributed by atoms with van der Waals surface area (Å²) in [6.45, 7) is 0. The highest BCUT2D eigenvalue weighted by atomic mass is 16.6. The van der Waals surface area contributed by atoms with Crippen molar-refractivity contribution in [3.05, 3.63) is 64.3 Å². The lowest BCUT2D eigenvalue weighted by Gasteiger charge is -2.07. The van der Waals surface area contributed by atoms with Gasteiger partial charge in [0.2, 0.25) is 0 Å². The fourth-order valence-electron chi connectivity index (χ4n) is 1.35. The summed E-state index contributed by atoms with van der Waals surface area (Å²) in [4.78, 5) is 25.4. The van der Waals surface area contributed by atoms with Crippen LogP contribution < -0.4 is 10.9 Å². The summed E-state index contributed by atoms with van der Waals surface area (Å²) in [5, 5.41) is 10.4. The average molecular weight is 258 g/mol. The molecule has 2 rings (SSSR count). The number of hydrogen-bond donors (Lipinski definition) is 2. The van der Waals surface area contributed by atoms with Gasteiger partial charge in [-0.3, -0.25) is 25.8 Å². The van der Waals surface area contributed by atoms with Crippen LogP contribution in [0.2, 0.25) is 0 Å². The number of nitro groups is 1. The van der Waals surface area contributed by atoms with E-state index in [4.69, 9.17) is 0 Å². The maximum absolute atomic E-state index is 11.7. The summed E-state index contributed by atoms with van der Waals surface area (Å²) in [7, 11) is 0. The molecule has 0 radical (unpaired) electrons. The van der Waals surface area contributed by atoms with E-state index in [2.05, 4.69) is 15.8 Å². The fourth-order valence-corrected chi connectivity index (χ4v) is 1.35. The second kappa shape index (κ2) is 5.58. The maximum atomic E-state index is 11.7. The molecule has 0 aliphatic carbocycles. The number of aromatic nitrogens is 1. The number of carbonyl (C=O) groups is 1. The van der Waals surface area contributed by atoms with E-state index < -0.39 is 4.92 Å². The first kappa shape index (κ1) is 12.5. The molecule has 1 amide bonds. The number of anilines is 1. The number of carbonyl (C=O) groups excluding carboxylic acids is 1. The van der Waals surface area contributed by atoms with Crippen molar-refractivity contribution in [1.82, 2.24) is 10.4 Å². The molecule has 2 N–H and O–H groups in total. The predicted octanol–water partition coefficient (Wildman–Crippen LogP) is 1.75. The molecule has 2 aromatic rings. The number of hydrazine groups is 1. The number of nitrogens with one attached hydrogen (secondary N) is 2. The largest absolute Gasteiger partial charge is 0.287 e. The fraction of sp³-hybridized carbons (Fsp3) is 0. The van der Waals surface area contributed by atoms with Crippen molar-refractivity contribution < 1.29 is 9.72 Å². The summed E-state index contributed by atoms with van der Waals surface area (Å²) < 4.78 is 0. The molecule has 0 aliphatic rings. The third-order valence-corrected chi connectivity index (χ3v) is 2.30. The van der Waals surface area contributed by atoms with Crippen LogP contribution in [0.4, 0.5) is 11.5 Å². The van der Waals surface area contributed by atoms with Crippen molar-refractivity contribution in [3.63, 3.8) is 0 Å². The van der Waals surface area contributed by atoms with Gasteiger partial charge < -0.3 is 0 Å². The van der Waals surface area contributed by atoms with E-state index in [-0.39, 0.29) is 11.6 Å². The minimum atomic E-state index is -0.542. The molecule has 96 valence electrons. The van der Waals surface area contributed by atoms with Gasteiger partial charge in [-0.05, 0) is 18.2 Å². The zero-order valence-corrected chi connectivity index (χ0v) is 9.74. The van der Waals surface area contributed by atoms with Crippen molar-refractivity contribution in [2.75, 3.05) is 5.43 Å². The van der Waals surface area contributed by atoms with Crippen molar-refractivity contribution in [2.24, 2.45) is 0 Å². The van der Waals surface area contributed by atoms with Crippen molar-refractivity contribution >= 4 is 17.4 Å². The van der Waals surface area contributed by atoms with Crippen LogP contribution in [0, 0.1) is 10.1 Å². The monoisotopic (exact) mass is 258 g/mol. The summed E-state index contributed by atoms with van der Waals surface area (Å²) in [6, 6.07) is 11.3. The van der Waals surface area contributed by atoms with E-state index in [1.54, 1.807) is 24.3 Å². The molecule has 7 heteroatoms. The highest BCUT2D eigenvalue weighted by molar-refractivity contribution is 5.94. The molecule has 1 aromatic carbocycles. The number of pyridine rings is 1. The van der Waals surface area contributed by atoms with Crippen molar-refractivity contribution in [1.29, 1.82) is 0 Å². The van der Waals surface area contributed by atoms with Gasteiger partial charge in [0.05, 0.1) is 4.92 Å². The summed E-state index contributed by atoms with van der Waals surface area (Å²) in [5.41, 5.74) is 5.40. The van der Waals surface area contributed by atoms with Crippen LogP contribution in [0.25, 0.3) is 0 Å². The van der Waals surface area contributed by atoms with E-state index in [1.807, 2.05) is 6.07 Å². The van der Waals surface area contributed by atoms with Crippen LogP contribution in [0.1, 0.15) is 10.4 Å². The first-order valence-corrected chi connectivity index (χ1v) is 5.38. The Kier molecular flexibility index (Phi) is 3.67. The van der Waals surface area contributed by atoms with Crippen LogP contribution in [-0.4, -0.2) is 15.8 Å². The predicted molar refractivity (Wildman–Crippen MR) is 68.4 cm³/mol. The van der Waals surface area contributed by atoms with Crippen molar-refractivity contribution in [2.45, 2.75) is 0 Å². The Morgan fingerprint density at radius 3 is 2.47 bits per heavy atom. The van der Waals surface area contributed by atoms with E-state index in [1.165, 1.54) is 12.1 Å². The zero-order chi connectivity index (χ0) is 13.7. The lowest BCUT2D eigenvalue weighted by Crippen LogP contribution is -2.29. The molecule has 0 bridgehead atoms. The lowest BCUT2D eigenvalue weighted by molar-refractivity contribution is -0.385. The number of hydrogen-bond acceptors (Lipinski definition) is 5. The molecule has 0 aliphatic heterocycles. The average Bonchev–Trinajstić information content (AvgIpc) is 2.46. The van der Waals surface area contributed by atoms with Crippen LogP contribution in [-0.2, 0) is 0 Å². The Morgan fingerprint density at radius 2 is 1.89 bits per heavy atom. The summed E-state index contributed by atoms with van der Waals surface area (Å²) in [6.07, 6.45) is 1.11. The molecule has 0 atom stereocenters. The van der Waals surface area contributed by atoms with Crippen LogP contribution in [0.3, 0.4) is 0 Å². The molecule has 0 unspecified atom stereocenters. The third-order valence-electron chi connectivity index (χ3n) is 2.30. The molecule has 0 spiro atoms. The van der Waals surface area contributed by atoms with Gasteiger partial charge in [-0.2, -0.15) is 0 Å². The minimum Gasteiger partial charge on any atom is -0.282 e. The molecule has 1 aromatic heterocycles. The molecular weight excluding hydrogens is 248 g/mol. The van der Waals surface area contributed by atoms with Gasteiger partial charge >= 0.3 is 0 Å². The molecule has 0 saturated heterocycles. The number of rotatable bonds is 4. The summed E-state index contributed by atoms with van der Waals surface area (Å²) >= 11 is 0. The van der Waals surface area contributed by atoms with E-state index in [0.717, 1.165) is 6.20 Å². The topological polar surface area (TPSA) is 97.2 Å². The van der Waals surface area contributed by atoms with Gasteiger partial charge in [0.25, 0.3) is 11.6 Å². The van der Waals surface area contributed by atoms with Crippen molar-refractivity contribution in [3.8, 4) is 0 Å². The Labute approximate surface area is 108 Å².